The monoisotopic (exact) mass is 223 g/mol. The summed E-state index contributed by atoms with van der Waals surface area (Å²) in [5, 5.41) is 8.71. The van der Waals surface area contributed by atoms with Crippen LogP contribution < -0.4 is 10.5 Å². The second-order valence-electron chi connectivity index (χ2n) is 3.12. The van der Waals surface area contributed by atoms with E-state index in [-0.39, 0.29) is 13.2 Å². The Kier molecular flexibility index (Phi) is 5.15. The van der Waals surface area contributed by atoms with Gasteiger partial charge < -0.3 is 20.5 Å². The molecule has 5 nitrogen and oxygen atoms in total. The van der Waals surface area contributed by atoms with Gasteiger partial charge in [0.2, 0.25) is 0 Å². The molecule has 0 spiro atoms. The highest BCUT2D eigenvalue weighted by Gasteiger charge is 2.08. The standard InChI is InChI=1S/C11H15N2O3/c12-11(15)13(6-8-14)7-9-16-10-4-2-1-3-5-10/h1-4,14H,6-9H2,(H2,12,15). The number of carbonyl (C=O) groups is 1. The molecule has 5 heteroatoms. The Hall–Kier alpha value is -1.75. The van der Waals surface area contributed by atoms with E-state index in [2.05, 4.69) is 6.07 Å². The van der Waals surface area contributed by atoms with Crippen molar-refractivity contribution in [3.05, 3.63) is 30.3 Å². The van der Waals surface area contributed by atoms with Gasteiger partial charge in [0.05, 0.1) is 13.2 Å². The summed E-state index contributed by atoms with van der Waals surface area (Å²) in [6.45, 7) is 0.777. The zero-order valence-electron chi connectivity index (χ0n) is 8.93. The molecule has 0 aliphatic heterocycles. The van der Waals surface area contributed by atoms with Crippen LogP contribution in [0, 0.1) is 6.07 Å². The highest BCUT2D eigenvalue weighted by molar-refractivity contribution is 5.71. The Morgan fingerprint density at radius 3 is 2.88 bits per heavy atom. The van der Waals surface area contributed by atoms with Crippen LogP contribution in [0.4, 0.5) is 4.79 Å². The van der Waals surface area contributed by atoms with E-state index >= 15 is 0 Å². The molecule has 16 heavy (non-hydrogen) atoms. The van der Waals surface area contributed by atoms with Crippen molar-refractivity contribution >= 4 is 6.03 Å². The molecule has 1 rings (SSSR count). The summed E-state index contributed by atoms with van der Waals surface area (Å²) in [7, 11) is 0. The van der Waals surface area contributed by atoms with Crippen LogP contribution >= 0.6 is 0 Å². The first-order valence-electron chi connectivity index (χ1n) is 4.99. The van der Waals surface area contributed by atoms with E-state index in [1.54, 1.807) is 12.1 Å². The number of para-hydroxylation sites is 1. The lowest BCUT2D eigenvalue weighted by Gasteiger charge is -2.19. The van der Waals surface area contributed by atoms with E-state index in [0.717, 1.165) is 0 Å². The van der Waals surface area contributed by atoms with Crippen LogP contribution in [0.5, 0.6) is 5.75 Å². The number of nitrogens with two attached hydrogens (primary N) is 1. The summed E-state index contributed by atoms with van der Waals surface area (Å²) in [6, 6.07) is 9.54. The van der Waals surface area contributed by atoms with Crippen LogP contribution in [-0.2, 0) is 0 Å². The van der Waals surface area contributed by atoms with E-state index in [1.807, 2.05) is 12.1 Å². The highest BCUT2D eigenvalue weighted by atomic mass is 16.5. The lowest BCUT2D eigenvalue weighted by molar-refractivity contribution is 0.169. The maximum Gasteiger partial charge on any atom is 0.314 e. The fraction of sp³-hybridized carbons (Fsp3) is 0.364. The molecule has 87 valence electrons. The molecule has 3 N–H and O–H groups in total. The number of primary amides is 1. The molecule has 0 heterocycles. The predicted octanol–water partition coefficient (Wildman–Crippen LogP) is 0.239. The maximum atomic E-state index is 10.9. The normalized spacial score (nSPS) is 9.81. The molecule has 0 atom stereocenters. The fourth-order valence-electron chi connectivity index (χ4n) is 1.19. The first-order valence-corrected chi connectivity index (χ1v) is 4.99. The van der Waals surface area contributed by atoms with Crippen molar-refractivity contribution in [1.29, 1.82) is 0 Å². The van der Waals surface area contributed by atoms with Crippen molar-refractivity contribution < 1.29 is 14.6 Å². The molecule has 0 aromatic heterocycles. The third-order valence-electron chi connectivity index (χ3n) is 1.98. The second-order valence-corrected chi connectivity index (χ2v) is 3.12. The van der Waals surface area contributed by atoms with Gasteiger partial charge in [0.25, 0.3) is 0 Å². The van der Waals surface area contributed by atoms with E-state index < -0.39 is 6.03 Å². The van der Waals surface area contributed by atoms with Crippen molar-refractivity contribution in [3.63, 3.8) is 0 Å². The molecule has 0 aliphatic carbocycles. The summed E-state index contributed by atoms with van der Waals surface area (Å²) >= 11 is 0. The molecule has 1 aromatic carbocycles. The molecule has 2 amide bonds. The Balaban J connectivity index is 2.31. The van der Waals surface area contributed by atoms with E-state index in [9.17, 15) is 4.79 Å². The molecule has 0 unspecified atom stereocenters. The Morgan fingerprint density at radius 1 is 1.50 bits per heavy atom. The largest absolute Gasteiger partial charge is 0.491 e. The van der Waals surface area contributed by atoms with Gasteiger partial charge in [-0.1, -0.05) is 18.2 Å². The molecule has 0 saturated heterocycles. The lowest BCUT2D eigenvalue weighted by Crippen LogP contribution is -2.40. The highest BCUT2D eigenvalue weighted by Crippen LogP contribution is 2.06. The Labute approximate surface area is 94.4 Å². The van der Waals surface area contributed by atoms with Gasteiger partial charge in [-0.3, -0.25) is 0 Å². The van der Waals surface area contributed by atoms with Crippen LogP contribution in [0.25, 0.3) is 0 Å². The minimum atomic E-state index is -0.560. The molecule has 1 radical (unpaired) electrons. The van der Waals surface area contributed by atoms with E-state index in [4.69, 9.17) is 15.6 Å². The summed E-state index contributed by atoms with van der Waals surface area (Å²) in [6.07, 6.45) is 0. The van der Waals surface area contributed by atoms with Crippen LogP contribution in [-0.4, -0.2) is 42.3 Å². The van der Waals surface area contributed by atoms with Gasteiger partial charge in [0, 0.05) is 12.6 Å². The minimum Gasteiger partial charge on any atom is -0.491 e. The number of aliphatic hydroxyl groups excluding tert-OH is 1. The van der Waals surface area contributed by atoms with Crippen LogP contribution in [0.15, 0.2) is 24.3 Å². The number of nitrogens with zero attached hydrogens (tertiary/aromatic N) is 1. The van der Waals surface area contributed by atoms with Gasteiger partial charge in [-0.25, -0.2) is 4.79 Å². The fourth-order valence-corrected chi connectivity index (χ4v) is 1.19. The molecule has 0 fully saturated rings. The van der Waals surface area contributed by atoms with Gasteiger partial charge >= 0.3 is 6.03 Å². The first kappa shape index (κ1) is 12.3. The van der Waals surface area contributed by atoms with Gasteiger partial charge in [-0.05, 0) is 6.07 Å². The number of carbonyl (C=O) groups excluding carboxylic acids is 1. The van der Waals surface area contributed by atoms with Crippen LogP contribution in [0.2, 0.25) is 0 Å². The quantitative estimate of drug-likeness (QED) is 0.725. The summed E-state index contributed by atoms with van der Waals surface area (Å²) in [5.41, 5.74) is 5.11. The van der Waals surface area contributed by atoms with E-state index in [0.29, 0.717) is 18.9 Å². The van der Waals surface area contributed by atoms with E-state index in [1.165, 1.54) is 4.90 Å². The van der Waals surface area contributed by atoms with Crippen LogP contribution in [0.1, 0.15) is 0 Å². The number of hydrogen-bond acceptors (Lipinski definition) is 3. The summed E-state index contributed by atoms with van der Waals surface area (Å²) < 4.78 is 5.35. The topological polar surface area (TPSA) is 75.8 Å². The van der Waals surface area contributed by atoms with Crippen molar-refractivity contribution in [2.24, 2.45) is 5.73 Å². The Bertz CT molecular complexity index is 316. The average molecular weight is 223 g/mol. The molecule has 1 aromatic rings. The Morgan fingerprint density at radius 2 is 2.31 bits per heavy atom. The minimum absolute atomic E-state index is 0.111. The average Bonchev–Trinajstić information content (AvgIpc) is 2.29. The van der Waals surface area contributed by atoms with Crippen LogP contribution in [0.3, 0.4) is 0 Å². The number of amides is 2. The zero-order chi connectivity index (χ0) is 11.8. The molecular weight excluding hydrogens is 208 g/mol. The van der Waals surface area contributed by atoms with Gasteiger partial charge in [0.15, 0.2) is 0 Å². The third kappa shape index (κ3) is 4.18. The predicted molar refractivity (Wildman–Crippen MR) is 59.0 cm³/mol. The van der Waals surface area contributed by atoms with Crippen molar-refractivity contribution in [3.8, 4) is 5.75 Å². The second kappa shape index (κ2) is 6.68. The van der Waals surface area contributed by atoms with Crippen molar-refractivity contribution in [1.82, 2.24) is 4.90 Å². The number of aliphatic hydroxyl groups is 1. The SMILES string of the molecule is NC(=O)N(CCO)CCOc1[c]cccc1. The van der Waals surface area contributed by atoms with Gasteiger partial charge in [-0.15, -0.1) is 0 Å². The summed E-state index contributed by atoms with van der Waals surface area (Å²) in [5.74, 6) is 0.621. The number of rotatable bonds is 6. The first-order chi connectivity index (χ1) is 7.74. The zero-order valence-corrected chi connectivity index (χ0v) is 8.93. The third-order valence-corrected chi connectivity index (χ3v) is 1.98. The lowest BCUT2D eigenvalue weighted by atomic mass is 10.3. The molecule has 0 bridgehead atoms. The molecule has 0 aliphatic rings. The maximum absolute atomic E-state index is 10.9. The molecule has 0 saturated carbocycles. The number of ether oxygens (including phenoxy) is 1. The summed E-state index contributed by atoms with van der Waals surface area (Å²) in [4.78, 5) is 12.2. The van der Waals surface area contributed by atoms with Gasteiger partial charge in [0.1, 0.15) is 12.4 Å². The van der Waals surface area contributed by atoms with Crippen molar-refractivity contribution in [2.75, 3.05) is 26.3 Å². The van der Waals surface area contributed by atoms with Crippen molar-refractivity contribution in [2.45, 2.75) is 0 Å². The van der Waals surface area contributed by atoms with Gasteiger partial charge in [-0.2, -0.15) is 0 Å². The number of hydrogen-bond donors (Lipinski definition) is 2. The number of urea groups is 1. The number of benzene rings is 1. The molecular formula is C11H15N2O3. The smallest absolute Gasteiger partial charge is 0.314 e.